The minimum absolute atomic E-state index is 0.00879. The first-order valence-corrected chi connectivity index (χ1v) is 6.41. The van der Waals surface area contributed by atoms with E-state index in [0.29, 0.717) is 11.6 Å². The van der Waals surface area contributed by atoms with Crippen LogP contribution in [0.4, 0.5) is 0 Å². The standard InChI is InChI=1S/C13H14ClN3O3/c1-8(2)17-12(15-7-16-17)6-20-9-3-4-11(14)10(5-9)13(18)19/h3-5,7-8H,6H2,1-2H3,(H,18,19). The molecule has 1 aromatic carbocycles. The second kappa shape index (κ2) is 5.92. The zero-order valence-corrected chi connectivity index (χ0v) is 11.8. The third-order valence-corrected chi connectivity index (χ3v) is 3.00. The highest BCUT2D eigenvalue weighted by Gasteiger charge is 2.12. The number of carboxylic acid groups (broad SMARTS) is 1. The molecule has 1 aromatic heterocycles. The molecule has 0 aliphatic rings. The lowest BCUT2D eigenvalue weighted by atomic mass is 10.2. The van der Waals surface area contributed by atoms with E-state index < -0.39 is 5.97 Å². The average Bonchev–Trinajstić information content (AvgIpc) is 2.86. The fourth-order valence-corrected chi connectivity index (χ4v) is 1.91. The molecule has 1 heterocycles. The summed E-state index contributed by atoms with van der Waals surface area (Å²) in [6.45, 7) is 4.19. The highest BCUT2D eigenvalue weighted by Crippen LogP contribution is 2.22. The zero-order chi connectivity index (χ0) is 14.7. The molecule has 2 rings (SSSR count). The molecule has 0 spiro atoms. The summed E-state index contributed by atoms with van der Waals surface area (Å²) in [5, 5.41) is 13.3. The summed E-state index contributed by atoms with van der Waals surface area (Å²) in [6.07, 6.45) is 1.46. The van der Waals surface area contributed by atoms with Gasteiger partial charge in [-0.25, -0.2) is 14.5 Å². The van der Waals surface area contributed by atoms with Crippen molar-refractivity contribution in [2.24, 2.45) is 0 Å². The van der Waals surface area contributed by atoms with Crippen LogP contribution in [0, 0.1) is 0 Å². The van der Waals surface area contributed by atoms with E-state index in [1.807, 2.05) is 13.8 Å². The van der Waals surface area contributed by atoms with Gasteiger partial charge in [0.25, 0.3) is 0 Å². The number of carboxylic acids is 1. The minimum Gasteiger partial charge on any atom is -0.486 e. The van der Waals surface area contributed by atoms with Crippen molar-refractivity contribution in [1.82, 2.24) is 14.8 Å². The van der Waals surface area contributed by atoms with Gasteiger partial charge in [-0.2, -0.15) is 5.10 Å². The Hall–Kier alpha value is -2.08. The molecule has 2 aromatic rings. The minimum atomic E-state index is -1.09. The third kappa shape index (κ3) is 3.08. The SMILES string of the molecule is CC(C)n1ncnc1COc1ccc(Cl)c(C(=O)O)c1. The molecule has 20 heavy (non-hydrogen) atoms. The Morgan fingerprint density at radius 2 is 2.25 bits per heavy atom. The van der Waals surface area contributed by atoms with Crippen LogP contribution in [0.15, 0.2) is 24.5 Å². The quantitative estimate of drug-likeness (QED) is 0.917. The van der Waals surface area contributed by atoms with Gasteiger partial charge in [-0.3, -0.25) is 0 Å². The Morgan fingerprint density at radius 3 is 2.90 bits per heavy atom. The number of halogens is 1. The zero-order valence-electron chi connectivity index (χ0n) is 11.1. The Labute approximate surface area is 121 Å². The van der Waals surface area contributed by atoms with E-state index in [1.54, 1.807) is 10.7 Å². The number of ether oxygens (including phenoxy) is 1. The van der Waals surface area contributed by atoms with Crippen molar-refractivity contribution < 1.29 is 14.6 Å². The first-order valence-electron chi connectivity index (χ1n) is 6.03. The average molecular weight is 296 g/mol. The predicted molar refractivity (Wildman–Crippen MR) is 73.2 cm³/mol. The Morgan fingerprint density at radius 1 is 1.50 bits per heavy atom. The van der Waals surface area contributed by atoms with Crippen LogP contribution in [0.5, 0.6) is 5.75 Å². The van der Waals surface area contributed by atoms with Gasteiger partial charge in [0, 0.05) is 6.04 Å². The normalized spacial score (nSPS) is 10.8. The van der Waals surface area contributed by atoms with E-state index in [4.69, 9.17) is 21.4 Å². The molecule has 0 radical (unpaired) electrons. The number of hydrogen-bond donors (Lipinski definition) is 1. The second-order valence-electron chi connectivity index (χ2n) is 4.45. The molecule has 0 saturated carbocycles. The van der Waals surface area contributed by atoms with E-state index in [0.717, 1.165) is 0 Å². The van der Waals surface area contributed by atoms with Crippen LogP contribution in [-0.2, 0) is 6.61 Å². The smallest absolute Gasteiger partial charge is 0.337 e. The Kier molecular flexibility index (Phi) is 4.24. The lowest BCUT2D eigenvalue weighted by Gasteiger charge is -2.11. The van der Waals surface area contributed by atoms with Crippen molar-refractivity contribution in [3.8, 4) is 5.75 Å². The van der Waals surface area contributed by atoms with E-state index >= 15 is 0 Å². The molecule has 106 valence electrons. The lowest BCUT2D eigenvalue weighted by molar-refractivity contribution is 0.0696. The van der Waals surface area contributed by atoms with E-state index in [1.165, 1.54) is 18.5 Å². The van der Waals surface area contributed by atoms with Crippen molar-refractivity contribution in [2.45, 2.75) is 26.5 Å². The van der Waals surface area contributed by atoms with Crippen LogP contribution in [0.25, 0.3) is 0 Å². The molecule has 0 amide bonds. The van der Waals surface area contributed by atoms with Crippen molar-refractivity contribution in [2.75, 3.05) is 0 Å². The van der Waals surface area contributed by atoms with E-state index in [2.05, 4.69) is 10.1 Å². The topological polar surface area (TPSA) is 77.2 Å². The maximum atomic E-state index is 11.0. The highest BCUT2D eigenvalue weighted by molar-refractivity contribution is 6.33. The van der Waals surface area contributed by atoms with Crippen LogP contribution in [0.3, 0.4) is 0 Å². The molecule has 0 atom stereocenters. The van der Waals surface area contributed by atoms with Gasteiger partial charge < -0.3 is 9.84 Å². The van der Waals surface area contributed by atoms with E-state index in [9.17, 15) is 4.79 Å². The van der Waals surface area contributed by atoms with Crippen LogP contribution < -0.4 is 4.74 Å². The third-order valence-electron chi connectivity index (χ3n) is 2.67. The van der Waals surface area contributed by atoms with Crippen molar-refractivity contribution in [3.63, 3.8) is 0 Å². The summed E-state index contributed by atoms with van der Waals surface area (Å²) in [5.74, 6) is 0.00253. The second-order valence-corrected chi connectivity index (χ2v) is 4.86. The highest BCUT2D eigenvalue weighted by atomic mass is 35.5. The first-order chi connectivity index (χ1) is 9.49. The maximum absolute atomic E-state index is 11.0. The van der Waals surface area contributed by atoms with Crippen molar-refractivity contribution in [3.05, 3.63) is 40.9 Å². The molecule has 0 saturated heterocycles. The molecule has 0 fully saturated rings. The Bertz CT molecular complexity index is 625. The van der Waals surface area contributed by atoms with Gasteiger partial charge in [-0.15, -0.1) is 0 Å². The van der Waals surface area contributed by atoms with Crippen LogP contribution in [0.2, 0.25) is 5.02 Å². The Balaban J connectivity index is 2.13. The van der Waals surface area contributed by atoms with Crippen LogP contribution in [0.1, 0.15) is 36.1 Å². The maximum Gasteiger partial charge on any atom is 0.337 e. The summed E-state index contributed by atoms with van der Waals surface area (Å²) in [6, 6.07) is 4.68. The lowest BCUT2D eigenvalue weighted by Crippen LogP contribution is -2.11. The number of hydrogen-bond acceptors (Lipinski definition) is 4. The van der Waals surface area contributed by atoms with Gasteiger partial charge in [0.15, 0.2) is 5.82 Å². The summed E-state index contributed by atoms with van der Waals surface area (Å²) in [4.78, 5) is 15.1. The number of aromatic carboxylic acids is 1. The van der Waals surface area contributed by atoms with Gasteiger partial charge in [-0.1, -0.05) is 11.6 Å². The number of benzene rings is 1. The van der Waals surface area contributed by atoms with Gasteiger partial charge in [-0.05, 0) is 32.0 Å². The molecule has 0 aliphatic heterocycles. The number of aromatic nitrogens is 3. The number of nitrogens with zero attached hydrogens (tertiary/aromatic N) is 3. The van der Waals surface area contributed by atoms with Crippen molar-refractivity contribution in [1.29, 1.82) is 0 Å². The molecule has 7 heteroatoms. The number of carbonyl (C=O) groups is 1. The van der Waals surface area contributed by atoms with Gasteiger partial charge in [0.1, 0.15) is 18.7 Å². The predicted octanol–water partition coefficient (Wildman–Crippen LogP) is 2.79. The number of rotatable bonds is 5. The van der Waals surface area contributed by atoms with Crippen LogP contribution >= 0.6 is 11.6 Å². The molecule has 0 unspecified atom stereocenters. The van der Waals surface area contributed by atoms with Crippen molar-refractivity contribution >= 4 is 17.6 Å². The monoisotopic (exact) mass is 295 g/mol. The molecule has 6 nitrogen and oxygen atoms in total. The molecule has 1 N–H and O–H groups in total. The molecular formula is C13H14ClN3O3. The molecular weight excluding hydrogens is 282 g/mol. The summed E-state index contributed by atoms with van der Waals surface area (Å²) in [5.41, 5.74) is 0.00879. The summed E-state index contributed by atoms with van der Waals surface area (Å²) in [7, 11) is 0. The van der Waals surface area contributed by atoms with Gasteiger partial charge >= 0.3 is 5.97 Å². The summed E-state index contributed by atoms with van der Waals surface area (Å²) >= 11 is 5.79. The summed E-state index contributed by atoms with van der Waals surface area (Å²) < 4.78 is 7.29. The first kappa shape index (κ1) is 14.3. The largest absolute Gasteiger partial charge is 0.486 e. The van der Waals surface area contributed by atoms with Gasteiger partial charge in [0.05, 0.1) is 10.6 Å². The molecule has 0 bridgehead atoms. The molecule has 0 aliphatic carbocycles. The fourth-order valence-electron chi connectivity index (χ4n) is 1.71. The van der Waals surface area contributed by atoms with Crippen LogP contribution in [-0.4, -0.2) is 25.8 Å². The van der Waals surface area contributed by atoms with Gasteiger partial charge in [0.2, 0.25) is 0 Å². The van der Waals surface area contributed by atoms with E-state index in [-0.39, 0.29) is 23.2 Å². The fraction of sp³-hybridized carbons (Fsp3) is 0.308.